The van der Waals surface area contributed by atoms with E-state index in [1.165, 1.54) is 0 Å². The number of nitrogens with two attached hydrogens (primary N) is 1. The highest BCUT2D eigenvalue weighted by Gasteiger charge is 2.29. The SMILES string of the molecule is CCC1COC(C)CN1C(=O)c1ccc(CN)cc1. The van der Waals surface area contributed by atoms with E-state index in [0.29, 0.717) is 19.7 Å². The van der Waals surface area contributed by atoms with Gasteiger partial charge in [-0.1, -0.05) is 19.1 Å². The summed E-state index contributed by atoms with van der Waals surface area (Å²) < 4.78 is 5.62. The highest BCUT2D eigenvalue weighted by atomic mass is 16.5. The predicted octanol–water partition coefficient (Wildman–Crippen LogP) is 1.78. The van der Waals surface area contributed by atoms with E-state index in [2.05, 4.69) is 6.92 Å². The molecule has 0 spiro atoms. The Morgan fingerprint density at radius 3 is 2.68 bits per heavy atom. The first-order valence-electron chi connectivity index (χ1n) is 6.87. The number of hydrogen-bond donors (Lipinski definition) is 1. The fourth-order valence-corrected chi connectivity index (χ4v) is 2.38. The Morgan fingerprint density at radius 1 is 1.42 bits per heavy atom. The standard InChI is InChI=1S/C15H22N2O2/c1-3-14-10-19-11(2)9-17(14)15(18)13-6-4-12(8-16)5-7-13/h4-7,11,14H,3,8-10,16H2,1-2H3. The molecule has 19 heavy (non-hydrogen) atoms. The van der Waals surface area contributed by atoms with E-state index in [1.54, 1.807) is 0 Å². The Balaban J connectivity index is 2.15. The molecule has 1 saturated heterocycles. The highest BCUT2D eigenvalue weighted by Crippen LogP contribution is 2.18. The van der Waals surface area contributed by atoms with Gasteiger partial charge in [0.15, 0.2) is 0 Å². The molecule has 4 heteroatoms. The van der Waals surface area contributed by atoms with Crippen LogP contribution >= 0.6 is 0 Å². The van der Waals surface area contributed by atoms with Gasteiger partial charge in [0.25, 0.3) is 5.91 Å². The second-order valence-electron chi connectivity index (χ2n) is 5.06. The van der Waals surface area contributed by atoms with Gasteiger partial charge >= 0.3 is 0 Å². The van der Waals surface area contributed by atoms with Crippen LogP contribution in [0, 0.1) is 0 Å². The van der Waals surface area contributed by atoms with E-state index < -0.39 is 0 Å². The Kier molecular flexibility index (Phi) is 4.56. The number of hydrogen-bond acceptors (Lipinski definition) is 3. The number of rotatable bonds is 3. The highest BCUT2D eigenvalue weighted by molar-refractivity contribution is 5.94. The van der Waals surface area contributed by atoms with Crippen molar-refractivity contribution >= 4 is 5.91 Å². The van der Waals surface area contributed by atoms with Crippen LogP contribution in [-0.2, 0) is 11.3 Å². The van der Waals surface area contributed by atoms with Crippen LogP contribution in [0.3, 0.4) is 0 Å². The average molecular weight is 262 g/mol. The molecule has 0 saturated carbocycles. The van der Waals surface area contributed by atoms with Crippen molar-refractivity contribution in [1.82, 2.24) is 4.90 Å². The molecule has 1 aromatic carbocycles. The molecule has 2 rings (SSSR count). The second kappa shape index (κ2) is 6.17. The van der Waals surface area contributed by atoms with E-state index >= 15 is 0 Å². The number of benzene rings is 1. The molecule has 104 valence electrons. The first-order chi connectivity index (χ1) is 9.15. The molecule has 1 aliphatic rings. The zero-order valence-electron chi connectivity index (χ0n) is 11.6. The van der Waals surface area contributed by atoms with Crippen LogP contribution in [0.4, 0.5) is 0 Å². The molecule has 0 bridgehead atoms. The Bertz CT molecular complexity index is 430. The zero-order valence-corrected chi connectivity index (χ0v) is 11.6. The van der Waals surface area contributed by atoms with Crippen molar-refractivity contribution in [3.63, 3.8) is 0 Å². The molecule has 2 atom stereocenters. The molecule has 1 aromatic rings. The van der Waals surface area contributed by atoms with Crippen LogP contribution in [0.5, 0.6) is 0 Å². The van der Waals surface area contributed by atoms with E-state index in [0.717, 1.165) is 17.5 Å². The second-order valence-corrected chi connectivity index (χ2v) is 5.06. The van der Waals surface area contributed by atoms with E-state index in [-0.39, 0.29) is 18.1 Å². The summed E-state index contributed by atoms with van der Waals surface area (Å²) in [5.74, 6) is 0.0885. The normalized spacial score (nSPS) is 23.4. The van der Waals surface area contributed by atoms with Crippen LogP contribution < -0.4 is 5.73 Å². The molecular formula is C15H22N2O2. The van der Waals surface area contributed by atoms with Gasteiger partial charge in [-0.15, -0.1) is 0 Å². The van der Waals surface area contributed by atoms with Crippen molar-refractivity contribution in [2.75, 3.05) is 13.2 Å². The number of amides is 1. The minimum atomic E-state index is 0.0885. The summed E-state index contributed by atoms with van der Waals surface area (Å²) in [6.45, 7) is 5.88. The third-order valence-electron chi connectivity index (χ3n) is 3.64. The van der Waals surface area contributed by atoms with E-state index in [1.807, 2.05) is 36.1 Å². The minimum Gasteiger partial charge on any atom is -0.375 e. The fourth-order valence-electron chi connectivity index (χ4n) is 2.38. The Morgan fingerprint density at radius 2 is 2.11 bits per heavy atom. The summed E-state index contributed by atoms with van der Waals surface area (Å²) in [5.41, 5.74) is 7.34. The third kappa shape index (κ3) is 3.14. The Hall–Kier alpha value is -1.39. The van der Waals surface area contributed by atoms with Crippen molar-refractivity contribution in [2.45, 2.75) is 39.0 Å². The van der Waals surface area contributed by atoms with Crippen LogP contribution in [0.1, 0.15) is 36.2 Å². The summed E-state index contributed by atoms with van der Waals surface area (Å²) in [7, 11) is 0. The lowest BCUT2D eigenvalue weighted by Gasteiger charge is -2.38. The largest absolute Gasteiger partial charge is 0.375 e. The molecule has 2 unspecified atom stereocenters. The molecule has 1 fully saturated rings. The summed E-state index contributed by atoms with van der Waals surface area (Å²) in [4.78, 5) is 14.5. The molecule has 1 amide bonds. The molecule has 4 nitrogen and oxygen atoms in total. The number of nitrogens with zero attached hydrogens (tertiary/aromatic N) is 1. The van der Waals surface area contributed by atoms with Gasteiger partial charge in [0.2, 0.25) is 0 Å². The van der Waals surface area contributed by atoms with Gasteiger partial charge in [0, 0.05) is 18.7 Å². The van der Waals surface area contributed by atoms with Gasteiger partial charge in [-0.25, -0.2) is 0 Å². The summed E-state index contributed by atoms with van der Waals surface area (Å²) in [5, 5.41) is 0. The van der Waals surface area contributed by atoms with Crippen molar-refractivity contribution < 1.29 is 9.53 Å². The van der Waals surface area contributed by atoms with Crippen LogP contribution in [0.25, 0.3) is 0 Å². The van der Waals surface area contributed by atoms with E-state index in [4.69, 9.17) is 10.5 Å². The van der Waals surface area contributed by atoms with Gasteiger partial charge in [0.05, 0.1) is 18.8 Å². The molecule has 0 radical (unpaired) electrons. The lowest BCUT2D eigenvalue weighted by molar-refractivity contribution is -0.0444. The number of carbonyl (C=O) groups is 1. The van der Waals surface area contributed by atoms with Gasteiger partial charge in [0.1, 0.15) is 0 Å². The lowest BCUT2D eigenvalue weighted by atomic mass is 10.1. The molecule has 1 aliphatic heterocycles. The van der Waals surface area contributed by atoms with Gasteiger partial charge in [-0.05, 0) is 31.0 Å². The van der Waals surface area contributed by atoms with Crippen molar-refractivity contribution in [3.8, 4) is 0 Å². The van der Waals surface area contributed by atoms with Crippen molar-refractivity contribution in [1.29, 1.82) is 0 Å². The molecular weight excluding hydrogens is 240 g/mol. The number of carbonyl (C=O) groups excluding carboxylic acids is 1. The molecule has 0 aromatic heterocycles. The van der Waals surface area contributed by atoms with Gasteiger partial charge in [-0.3, -0.25) is 4.79 Å². The quantitative estimate of drug-likeness (QED) is 0.903. The maximum absolute atomic E-state index is 12.6. The van der Waals surface area contributed by atoms with Crippen molar-refractivity contribution in [3.05, 3.63) is 35.4 Å². The maximum Gasteiger partial charge on any atom is 0.254 e. The summed E-state index contributed by atoms with van der Waals surface area (Å²) in [6, 6.07) is 7.73. The molecule has 2 N–H and O–H groups in total. The van der Waals surface area contributed by atoms with Crippen LogP contribution in [0.2, 0.25) is 0 Å². The summed E-state index contributed by atoms with van der Waals surface area (Å²) >= 11 is 0. The minimum absolute atomic E-state index is 0.0885. The Labute approximate surface area is 114 Å². The first-order valence-corrected chi connectivity index (χ1v) is 6.87. The smallest absolute Gasteiger partial charge is 0.254 e. The number of morpholine rings is 1. The first kappa shape index (κ1) is 14.0. The molecule has 0 aliphatic carbocycles. The van der Waals surface area contributed by atoms with Gasteiger partial charge < -0.3 is 15.4 Å². The fraction of sp³-hybridized carbons (Fsp3) is 0.533. The monoisotopic (exact) mass is 262 g/mol. The topological polar surface area (TPSA) is 55.6 Å². The number of ether oxygens (including phenoxy) is 1. The predicted molar refractivity (Wildman–Crippen MR) is 74.9 cm³/mol. The average Bonchev–Trinajstić information content (AvgIpc) is 2.46. The third-order valence-corrected chi connectivity index (χ3v) is 3.64. The van der Waals surface area contributed by atoms with Crippen LogP contribution in [0.15, 0.2) is 24.3 Å². The summed E-state index contributed by atoms with van der Waals surface area (Å²) in [6.07, 6.45) is 1.02. The lowest BCUT2D eigenvalue weighted by Crippen LogP contribution is -2.51. The zero-order chi connectivity index (χ0) is 13.8. The van der Waals surface area contributed by atoms with E-state index in [9.17, 15) is 4.79 Å². The van der Waals surface area contributed by atoms with Crippen molar-refractivity contribution in [2.24, 2.45) is 5.73 Å². The molecule has 1 heterocycles. The van der Waals surface area contributed by atoms with Crippen LogP contribution in [-0.4, -0.2) is 36.1 Å². The maximum atomic E-state index is 12.6. The van der Waals surface area contributed by atoms with Gasteiger partial charge in [-0.2, -0.15) is 0 Å².